The van der Waals surface area contributed by atoms with Crippen molar-refractivity contribution in [1.82, 2.24) is 9.88 Å². The Labute approximate surface area is 152 Å². The fourth-order valence-corrected chi connectivity index (χ4v) is 4.52. The van der Waals surface area contributed by atoms with E-state index >= 15 is 0 Å². The molecule has 3 heterocycles. The third-order valence-electron chi connectivity index (χ3n) is 4.75. The summed E-state index contributed by atoms with van der Waals surface area (Å²) in [6.45, 7) is 4.39. The third-order valence-corrected chi connectivity index (χ3v) is 5.92. The summed E-state index contributed by atoms with van der Waals surface area (Å²) in [7, 11) is 0. The van der Waals surface area contributed by atoms with Crippen LogP contribution in [0.3, 0.4) is 0 Å². The van der Waals surface area contributed by atoms with Crippen LogP contribution in [-0.2, 0) is 16.0 Å². The highest BCUT2D eigenvalue weighted by atomic mass is 32.1. The molecule has 5 nitrogen and oxygen atoms in total. The van der Waals surface area contributed by atoms with Gasteiger partial charge in [0.25, 0.3) is 0 Å². The Kier molecular flexibility index (Phi) is 5.10. The number of carbonyl (C=O) groups is 1. The minimum Gasteiger partial charge on any atom is -0.379 e. The lowest BCUT2D eigenvalue weighted by atomic mass is 10.2. The summed E-state index contributed by atoms with van der Waals surface area (Å²) in [5, 5.41) is 2.06. The maximum Gasteiger partial charge on any atom is 0.241 e. The predicted molar refractivity (Wildman–Crippen MR) is 100 cm³/mol. The van der Waals surface area contributed by atoms with E-state index in [4.69, 9.17) is 9.72 Å². The number of carbonyl (C=O) groups excluding carboxylic acids is 1. The number of hydrogen-bond acceptors (Lipinski definition) is 5. The standard InChI is InChI=1S/C19H23N3O2S/c23-17(14-21-10-12-24-13-11-21)22-9-5-4-8-16-19(22)25-18(20-16)15-6-2-1-3-7-15/h1-3,6-7H,4-5,8-14H2. The molecule has 1 aromatic heterocycles. The van der Waals surface area contributed by atoms with Crippen LogP contribution in [0, 0.1) is 0 Å². The highest BCUT2D eigenvalue weighted by Gasteiger charge is 2.27. The summed E-state index contributed by atoms with van der Waals surface area (Å²) in [5.41, 5.74) is 2.21. The predicted octanol–water partition coefficient (Wildman–Crippen LogP) is 2.81. The van der Waals surface area contributed by atoms with Crippen LogP contribution in [0.4, 0.5) is 5.00 Å². The first-order chi connectivity index (χ1) is 12.3. The van der Waals surface area contributed by atoms with Crippen molar-refractivity contribution in [3.63, 3.8) is 0 Å². The van der Waals surface area contributed by atoms with E-state index in [0.717, 1.165) is 73.4 Å². The SMILES string of the molecule is O=C(CN1CCOCC1)N1CCCCc2nc(-c3ccccc3)sc21. The van der Waals surface area contributed by atoms with E-state index in [2.05, 4.69) is 17.0 Å². The number of nitrogens with zero attached hydrogens (tertiary/aromatic N) is 3. The van der Waals surface area contributed by atoms with Crippen molar-refractivity contribution in [3.8, 4) is 10.6 Å². The first-order valence-corrected chi connectivity index (χ1v) is 9.78. The third kappa shape index (κ3) is 3.76. The van der Waals surface area contributed by atoms with Gasteiger partial charge in [-0.05, 0) is 19.3 Å². The largest absolute Gasteiger partial charge is 0.379 e. The Morgan fingerprint density at radius 3 is 2.72 bits per heavy atom. The smallest absolute Gasteiger partial charge is 0.241 e. The first kappa shape index (κ1) is 16.7. The molecule has 1 amide bonds. The fraction of sp³-hybridized carbons (Fsp3) is 0.474. The van der Waals surface area contributed by atoms with E-state index in [0.29, 0.717) is 6.54 Å². The lowest BCUT2D eigenvalue weighted by Gasteiger charge is -2.28. The van der Waals surface area contributed by atoms with E-state index in [9.17, 15) is 4.79 Å². The van der Waals surface area contributed by atoms with Gasteiger partial charge in [-0.25, -0.2) is 4.98 Å². The van der Waals surface area contributed by atoms with Crippen molar-refractivity contribution in [1.29, 1.82) is 0 Å². The van der Waals surface area contributed by atoms with Crippen LogP contribution in [0.15, 0.2) is 30.3 Å². The van der Waals surface area contributed by atoms with Crippen LogP contribution >= 0.6 is 11.3 Å². The lowest BCUT2D eigenvalue weighted by Crippen LogP contribution is -2.45. The molecule has 0 N–H and O–H groups in total. The second-order valence-electron chi connectivity index (χ2n) is 6.53. The minimum atomic E-state index is 0.188. The summed E-state index contributed by atoms with van der Waals surface area (Å²) >= 11 is 1.65. The number of thiazole rings is 1. The molecule has 0 spiro atoms. The molecule has 1 aromatic carbocycles. The second kappa shape index (κ2) is 7.64. The Morgan fingerprint density at radius 2 is 1.92 bits per heavy atom. The zero-order valence-corrected chi connectivity index (χ0v) is 15.1. The summed E-state index contributed by atoms with van der Waals surface area (Å²) in [5.74, 6) is 0.188. The Bertz CT molecular complexity index is 726. The molecular formula is C19H23N3O2S. The molecule has 0 saturated carbocycles. The van der Waals surface area contributed by atoms with Crippen LogP contribution in [0.25, 0.3) is 10.6 Å². The average Bonchev–Trinajstić information content (AvgIpc) is 2.97. The van der Waals surface area contributed by atoms with E-state index in [1.54, 1.807) is 11.3 Å². The quantitative estimate of drug-likeness (QED) is 0.847. The lowest BCUT2D eigenvalue weighted by molar-refractivity contribution is -0.120. The number of benzene rings is 1. The molecule has 2 aliphatic rings. The van der Waals surface area contributed by atoms with Crippen LogP contribution in [-0.4, -0.2) is 55.2 Å². The summed E-state index contributed by atoms with van der Waals surface area (Å²) in [4.78, 5) is 22.0. The molecule has 6 heteroatoms. The van der Waals surface area contributed by atoms with Gasteiger partial charge >= 0.3 is 0 Å². The van der Waals surface area contributed by atoms with Gasteiger partial charge < -0.3 is 9.64 Å². The first-order valence-electron chi connectivity index (χ1n) is 8.97. The van der Waals surface area contributed by atoms with Crippen molar-refractivity contribution in [2.24, 2.45) is 0 Å². The molecule has 25 heavy (non-hydrogen) atoms. The number of aromatic nitrogens is 1. The molecule has 4 rings (SSSR count). The van der Waals surface area contributed by atoms with Gasteiger partial charge in [-0.1, -0.05) is 41.7 Å². The molecule has 0 radical (unpaired) electrons. The molecule has 1 fully saturated rings. The zero-order chi connectivity index (χ0) is 17.1. The minimum absolute atomic E-state index is 0.188. The van der Waals surface area contributed by atoms with E-state index < -0.39 is 0 Å². The van der Waals surface area contributed by atoms with Crippen molar-refractivity contribution in [2.75, 3.05) is 44.3 Å². The van der Waals surface area contributed by atoms with Gasteiger partial charge in [0.05, 0.1) is 25.5 Å². The Balaban J connectivity index is 1.57. The fourth-order valence-electron chi connectivity index (χ4n) is 3.36. The Morgan fingerprint density at radius 1 is 1.12 bits per heavy atom. The summed E-state index contributed by atoms with van der Waals surface area (Å²) in [6.07, 6.45) is 3.09. The van der Waals surface area contributed by atoms with Gasteiger partial charge in [-0.2, -0.15) is 0 Å². The van der Waals surface area contributed by atoms with Crippen LogP contribution in [0.2, 0.25) is 0 Å². The van der Waals surface area contributed by atoms with Crippen LogP contribution in [0.5, 0.6) is 0 Å². The number of rotatable bonds is 3. The molecular weight excluding hydrogens is 334 g/mol. The van der Waals surface area contributed by atoms with Gasteiger partial charge in [-0.15, -0.1) is 0 Å². The molecule has 0 aliphatic carbocycles. The summed E-state index contributed by atoms with van der Waals surface area (Å²) < 4.78 is 5.38. The normalized spacial score (nSPS) is 18.6. The molecule has 2 aliphatic heterocycles. The van der Waals surface area contributed by atoms with Crippen molar-refractivity contribution >= 4 is 22.2 Å². The molecule has 0 bridgehead atoms. The highest BCUT2D eigenvalue weighted by molar-refractivity contribution is 7.19. The van der Waals surface area contributed by atoms with Crippen LogP contribution < -0.4 is 4.90 Å². The average molecular weight is 357 g/mol. The number of hydrogen-bond donors (Lipinski definition) is 0. The molecule has 2 aromatic rings. The molecule has 1 saturated heterocycles. The number of fused-ring (bicyclic) bond motifs is 1. The molecule has 0 unspecified atom stereocenters. The highest BCUT2D eigenvalue weighted by Crippen LogP contribution is 2.37. The van der Waals surface area contributed by atoms with E-state index in [1.807, 2.05) is 23.1 Å². The monoisotopic (exact) mass is 357 g/mol. The van der Waals surface area contributed by atoms with Gasteiger partial charge in [-0.3, -0.25) is 9.69 Å². The maximum absolute atomic E-state index is 12.9. The van der Waals surface area contributed by atoms with Gasteiger partial charge in [0, 0.05) is 25.2 Å². The number of anilines is 1. The van der Waals surface area contributed by atoms with E-state index in [-0.39, 0.29) is 5.91 Å². The van der Waals surface area contributed by atoms with Crippen LogP contribution in [0.1, 0.15) is 18.5 Å². The number of ether oxygens (including phenoxy) is 1. The van der Waals surface area contributed by atoms with Crippen molar-refractivity contribution in [2.45, 2.75) is 19.3 Å². The van der Waals surface area contributed by atoms with Gasteiger partial charge in [0.2, 0.25) is 5.91 Å². The van der Waals surface area contributed by atoms with Crippen molar-refractivity contribution < 1.29 is 9.53 Å². The molecule has 132 valence electrons. The van der Waals surface area contributed by atoms with Crippen molar-refractivity contribution in [3.05, 3.63) is 36.0 Å². The topological polar surface area (TPSA) is 45.7 Å². The second-order valence-corrected chi connectivity index (χ2v) is 7.51. The zero-order valence-electron chi connectivity index (χ0n) is 14.3. The summed E-state index contributed by atoms with van der Waals surface area (Å²) in [6, 6.07) is 10.2. The number of morpholine rings is 1. The molecule has 0 atom stereocenters. The Hall–Kier alpha value is -1.76. The number of amides is 1. The van der Waals surface area contributed by atoms with Gasteiger partial charge in [0.15, 0.2) is 0 Å². The number of aryl methyl sites for hydroxylation is 1. The van der Waals surface area contributed by atoms with E-state index in [1.165, 1.54) is 0 Å². The maximum atomic E-state index is 12.9. The van der Waals surface area contributed by atoms with Gasteiger partial charge in [0.1, 0.15) is 10.0 Å².